The number of benzene rings is 1. The average Bonchev–Trinajstić information content (AvgIpc) is 2.96. The summed E-state index contributed by atoms with van der Waals surface area (Å²) in [5, 5.41) is 0. The first-order valence-electron chi connectivity index (χ1n) is 5.27. The Morgan fingerprint density at radius 2 is 1.93 bits per heavy atom. The lowest BCUT2D eigenvalue weighted by atomic mass is 10.1. The molecule has 0 saturated heterocycles. The molecule has 0 N–H and O–H groups in total. The van der Waals surface area contributed by atoms with Crippen molar-refractivity contribution in [2.45, 2.75) is 12.3 Å². The zero-order valence-electron chi connectivity index (χ0n) is 8.35. The quantitative estimate of drug-likeness (QED) is 0.684. The summed E-state index contributed by atoms with van der Waals surface area (Å²) in [4.78, 5) is 10.9. The molecule has 0 aromatic heterocycles. The van der Waals surface area contributed by atoms with Crippen LogP contribution in [0.4, 0.5) is 0 Å². The minimum Gasteiger partial charge on any atom is -0.458 e. The van der Waals surface area contributed by atoms with Gasteiger partial charge in [0.1, 0.15) is 6.61 Å². The summed E-state index contributed by atoms with van der Waals surface area (Å²) in [6.45, 7) is 0.507. The zero-order valence-corrected chi connectivity index (χ0v) is 8.35. The summed E-state index contributed by atoms with van der Waals surface area (Å²) in [7, 11) is 0. The van der Waals surface area contributed by atoms with E-state index in [9.17, 15) is 4.79 Å². The first-order chi connectivity index (χ1) is 7.34. The standard InChI is InChI=1S/C13H12O2/c14-13-6-10(8-15-13)12-7-11(12)9-4-2-1-3-5-9/h1-6,11-12H,7-8H2/t11-,12-/m0/s1. The summed E-state index contributed by atoms with van der Waals surface area (Å²) in [5.74, 6) is 0.967. The molecular formula is C13H12O2. The average molecular weight is 200 g/mol. The Labute approximate surface area is 88.6 Å². The molecule has 2 atom stereocenters. The Morgan fingerprint density at radius 1 is 1.13 bits per heavy atom. The van der Waals surface area contributed by atoms with Crippen molar-refractivity contribution in [3.05, 3.63) is 47.5 Å². The van der Waals surface area contributed by atoms with Crippen LogP contribution in [0.2, 0.25) is 0 Å². The summed E-state index contributed by atoms with van der Waals surface area (Å²) >= 11 is 0. The van der Waals surface area contributed by atoms with E-state index in [0.717, 1.165) is 6.42 Å². The van der Waals surface area contributed by atoms with E-state index in [0.29, 0.717) is 18.4 Å². The van der Waals surface area contributed by atoms with Crippen LogP contribution < -0.4 is 0 Å². The molecule has 0 amide bonds. The predicted molar refractivity (Wildman–Crippen MR) is 56.3 cm³/mol. The van der Waals surface area contributed by atoms with Crippen molar-refractivity contribution in [1.29, 1.82) is 0 Å². The van der Waals surface area contributed by atoms with Gasteiger partial charge in [-0.15, -0.1) is 0 Å². The zero-order chi connectivity index (χ0) is 10.3. The van der Waals surface area contributed by atoms with Crippen LogP contribution in [0, 0.1) is 5.92 Å². The third-order valence-electron chi connectivity index (χ3n) is 3.18. The van der Waals surface area contributed by atoms with Crippen LogP contribution in [0.25, 0.3) is 0 Å². The van der Waals surface area contributed by atoms with E-state index in [1.165, 1.54) is 11.1 Å². The van der Waals surface area contributed by atoms with Crippen LogP contribution in [0.15, 0.2) is 42.0 Å². The number of hydrogen-bond donors (Lipinski definition) is 0. The summed E-state index contributed by atoms with van der Waals surface area (Å²) in [6.07, 6.45) is 2.82. The molecule has 76 valence electrons. The Balaban J connectivity index is 1.75. The SMILES string of the molecule is O=C1C=C([C@@H]2C[C@H]2c2ccccc2)CO1. The van der Waals surface area contributed by atoms with Gasteiger partial charge in [0.15, 0.2) is 0 Å². The maximum absolute atomic E-state index is 10.9. The van der Waals surface area contributed by atoms with Gasteiger partial charge in [-0.25, -0.2) is 4.79 Å². The Hall–Kier alpha value is -1.57. The minimum absolute atomic E-state index is 0.177. The molecule has 1 fully saturated rings. The molecule has 15 heavy (non-hydrogen) atoms. The number of rotatable bonds is 2. The van der Waals surface area contributed by atoms with Crippen molar-refractivity contribution in [2.24, 2.45) is 5.92 Å². The third-order valence-corrected chi connectivity index (χ3v) is 3.18. The van der Waals surface area contributed by atoms with Gasteiger partial charge in [-0.2, -0.15) is 0 Å². The van der Waals surface area contributed by atoms with Crippen molar-refractivity contribution in [2.75, 3.05) is 6.61 Å². The number of hydrogen-bond acceptors (Lipinski definition) is 2. The fourth-order valence-electron chi connectivity index (χ4n) is 2.28. The van der Waals surface area contributed by atoms with E-state index in [-0.39, 0.29) is 5.97 Å². The van der Waals surface area contributed by atoms with Crippen LogP contribution in [0.3, 0.4) is 0 Å². The fourth-order valence-corrected chi connectivity index (χ4v) is 2.28. The second-order valence-electron chi connectivity index (χ2n) is 4.19. The smallest absolute Gasteiger partial charge is 0.331 e. The molecule has 2 nitrogen and oxygen atoms in total. The molecule has 1 aliphatic heterocycles. The van der Waals surface area contributed by atoms with Gasteiger partial charge in [-0.1, -0.05) is 30.3 Å². The van der Waals surface area contributed by atoms with Crippen molar-refractivity contribution >= 4 is 5.97 Å². The number of ether oxygens (including phenoxy) is 1. The second kappa shape index (κ2) is 3.23. The van der Waals surface area contributed by atoms with E-state index < -0.39 is 0 Å². The van der Waals surface area contributed by atoms with Crippen LogP contribution >= 0.6 is 0 Å². The largest absolute Gasteiger partial charge is 0.458 e. The van der Waals surface area contributed by atoms with Crippen LogP contribution in [-0.2, 0) is 9.53 Å². The lowest BCUT2D eigenvalue weighted by molar-refractivity contribution is -0.134. The number of esters is 1. The molecule has 2 aliphatic rings. The highest BCUT2D eigenvalue weighted by Gasteiger charge is 2.42. The van der Waals surface area contributed by atoms with Crippen LogP contribution in [0.5, 0.6) is 0 Å². The first-order valence-corrected chi connectivity index (χ1v) is 5.27. The summed E-state index contributed by atoms with van der Waals surface area (Å²) < 4.78 is 4.92. The molecule has 1 aliphatic carbocycles. The first kappa shape index (κ1) is 8.72. The van der Waals surface area contributed by atoms with E-state index in [1.807, 2.05) is 6.07 Å². The van der Waals surface area contributed by atoms with Crippen molar-refractivity contribution < 1.29 is 9.53 Å². The van der Waals surface area contributed by atoms with Crippen molar-refractivity contribution in [3.63, 3.8) is 0 Å². The molecule has 1 aromatic rings. The number of cyclic esters (lactones) is 1. The Kier molecular flexibility index (Phi) is 1.88. The van der Waals surface area contributed by atoms with Gasteiger partial charge < -0.3 is 4.74 Å². The molecule has 3 rings (SSSR count). The number of carbonyl (C=O) groups excluding carboxylic acids is 1. The summed E-state index contributed by atoms with van der Waals surface area (Å²) in [5.41, 5.74) is 2.55. The Bertz CT molecular complexity index is 419. The highest BCUT2D eigenvalue weighted by atomic mass is 16.5. The van der Waals surface area contributed by atoms with Gasteiger partial charge in [0.05, 0.1) is 0 Å². The van der Waals surface area contributed by atoms with Crippen LogP contribution in [-0.4, -0.2) is 12.6 Å². The Morgan fingerprint density at radius 3 is 2.60 bits per heavy atom. The maximum Gasteiger partial charge on any atom is 0.331 e. The molecular weight excluding hydrogens is 188 g/mol. The minimum atomic E-state index is -0.177. The topological polar surface area (TPSA) is 26.3 Å². The predicted octanol–water partition coefficient (Wildman–Crippen LogP) is 2.27. The van der Waals surface area contributed by atoms with Gasteiger partial charge in [0.25, 0.3) is 0 Å². The molecule has 1 heterocycles. The molecule has 1 saturated carbocycles. The van der Waals surface area contributed by atoms with Gasteiger partial charge in [-0.3, -0.25) is 0 Å². The lowest BCUT2D eigenvalue weighted by Gasteiger charge is -1.99. The summed E-state index contributed by atoms with van der Waals surface area (Å²) in [6, 6.07) is 10.5. The van der Waals surface area contributed by atoms with Gasteiger partial charge in [-0.05, 0) is 29.4 Å². The highest BCUT2D eigenvalue weighted by Crippen LogP contribution is 2.52. The number of carbonyl (C=O) groups is 1. The van der Waals surface area contributed by atoms with E-state index in [1.54, 1.807) is 6.08 Å². The van der Waals surface area contributed by atoms with Gasteiger partial charge in [0, 0.05) is 6.08 Å². The van der Waals surface area contributed by atoms with Gasteiger partial charge in [0.2, 0.25) is 0 Å². The molecule has 0 bridgehead atoms. The highest BCUT2D eigenvalue weighted by molar-refractivity contribution is 5.85. The van der Waals surface area contributed by atoms with E-state index in [2.05, 4.69) is 24.3 Å². The second-order valence-corrected chi connectivity index (χ2v) is 4.19. The maximum atomic E-state index is 10.9. The van der Waals surface area contributed by atoms with E-state index >= 15 is 0 Å². The fraction of sp³-hybridized carbons (Fsp3) is 0.308. The normalized spacial score (nSPS) is 28.5. The molecule has 0 unspecified atom stereocenters. The lowest BCUT2D eigenvalue weighted by Crippen LogP contribution is -1.93. The van der Waals surface area contributed by atoms with Crippen molar-refractivity contribution in [3.8, 4) is 0 Å². The molecule has 0 radical (unpaired) electrons. The van der Waals surface area contributed by atoms with Crippen LogP contribution in [0.1, 0.15) is 17.9 Å². The van der Waals surface area contributed by atoms with Crippen molar-refractivity contribution in [1.82, 2.24) is 0 Å². The molecule has 0 spiro atoms. The van der Waals surface area contributed by atoms with E-state index in [4.69, 9.17) is 4.74 Å². The monoisotopic (exact) mass is 200 g/mol. The van der Waals surface area contributed by atoms with Gasteiger partial charge >= 0.3 is 5.97 Å². The molecule has 1 aromatic carbocycles. The molecule has 2 heteroatoms. The third kappa shape index (κ3) is 1.56.